The molecule has 3 aliphatic rings. The maximum absolute atomic E-state index is 12.5. The number of aliphatic hydroxyl groups excluding tert-OH is 1. The van der Waals surface area contributed by atoms with Gasteiger partial charge in [-0.1, -0.05) is 32.9 Å². The van der Waals surface area contributed by atoms with Crippen molar-refractivity contribution in [3.05, 3.63) is 23.8 Å². The van der Waals surface area contributed by atoms with Crippen molar-refractivity contribution in [2.45, 2.75) is 77.6 Å². The topological polar surface area (TPSA) is 96.7 Å². The van der Waals surface area contributed by atoms with Crippen LogP contribution in [0.25, 0.3) is 0 Å². The van der Waals surface area contributed by atoms with E-state index in [1.165, 1.54) is 0 Å². The molecule has 0 amide bonds. The van der Waals surface area contributed by atoms with Crippen molar-refractivity contribution in [3.8, 4) is 0 Å². The third kappa shape index (κ3) is 5.16. The van der Waals surface area contributed by atoms with Crippen molar-refractivity contribution >= 4 is 17.7 Å². The third-order valence-corrected chi connectivity index (χ3v) is 6.62. The summed E-state index contributed by atoms with van der Waals surface area (Å²) in [6.45, 7) is 6.00. The molecule has 1 heterocycles. The van der Waals surface area contributed by atoms with Gasteiger partial charge in [0.25, 0.3) is 0 Å². The van der Waals surface area contributed by atoms with E-state index in [0.717, 1.165) is 18.4 Å². The number of hydrogen-bond donors (Lipinski definition) is 2. The van der Waals surface area contributed by atoms with Crippen molar-refractivity contribution in [3.63, 3.8) is 0 Å². The van der Waals surface area contributed by atoms with Crippen LogP contribution in [0.5, 0.6) is 0 Å². The van der Waals surface area contributed by atoms with E-state index in [1.807, 2.05) is 19.9 Å². The first-order valence-corrected chi connectivity index (χ1v) is 10.8. The van der Waals surface area contributed by atoms with Gasteiger partial charge in [-0.15, -0.1) is 0 Å². The molecule has 0 bridgehead atoms. The van der Waals surface area contributed by atoms with E-state index in [1.54, 1.807) is 0 Å². The Morgan fingerprint density at radius 3 is 2.83 bits per heavy atom. The van der Waals surface area contributed by atoms with Gasteiger partial charge in [-0.2, -0.15) is 0 Å². The first-order chi connectivity index (χ1) is 13.8. The number of allylic oxidation sites excluding steroid dienone is 3. The monoisotopic (exact) mass is 403 g/mol. The third-order valence-electron chi connectivity index (χ3n) is 6.62. The maximum Gasteiger partial charge on any atom is 0.308 e. The zero-order valence-corrected chi connectivity index (χ0v) is 17.6. The molecule has 1 aliphatic heterocycles. The first kappa shape index (κ1) is 21.8. The van der Waals surface area contributed by atoms with Gasteiger partial charge >= 0.3 is 11.9 Å². The van der Waals surface area contributed by atoms with E-state index in [2.05, 4.69) is 19.1 Å². The van der Waals surface area contributed by atoms with Crippen molar-refractivity contribution < 1.29 is 24.2 Å². The fourth-order valence-electron chi connectivity index (χ4n) is 4.74. The number of esters is 2. The van der Waals surface area contributed by atoms with E-state index in [-0.39, 0.29) is 48.3 Å². The lowest BCUT2D eigenvalue weighted by Crippen LogP contribution is -2.42. The number of aliphatic hydroxyl groups is 1. The minimum Gasteiger partial charge on any atom is -0.462 e. The summed E-state index contributed by atoms with van der Waals surface area (Å²) in [5.74, 6) is -0.127. The van der Waals surface area contributed by atoms with Gasteiger partial charge in [-0.3, -0.25) is 9.59 Å². The molecule has 2 aliphatic carbocycles. The molecule has 0 aromatic heterocycles. The highest BCUT2D eigenvalue weighted by Crippen LogP contribution is 2.43. The van der Waals surface area contributed by atoms with Crippen LogP contribution in [0.15, 0.2) is 23.8 Å². The summed E-state index contributed by atoms with van der Waals surface area (Å²) in [6.07, 6.45) is 8.10. The number of carbonyl (C=O) groups is 2. The molecule has 0 saturated carbocycles. The minimum atomic E-state index is -0.625. The van der Waals surface area contributed by atoms with Crippen LogP contribution in [0.2, 0.25) is 0 Å². The number of cyclic esters (lactones) is 1. The number of rotatable bonds is 6. The Hall–Kier alpha value is -1.95. The van der Waals surface area contributed by atoms with Crippen molar-refractivity contribution in [1.29, 1.82) is 5.41 Å². The Bertz CT molecular complexity index is 712. The summed E-state index contributed by atoms with van der Waals surface area (Å²) >= 11 is 0. The molecule has 0 radical (unpaired) electrons. The van der Waals surface area contributed by atoms with Gasteiger partial charge in [0.2, 0.25) is 0 Å². The fourth-order valence-corrected chi connectivity index (χ4v) is 4.74. The number of nitrogens with one attached hydrogen (secondary N) is 1. The van der Waals surface area contributed by atoms with Crippen LogP contribution in [-0.4, -0.2) is 41.1 Å². The predicted molar refractivity (Wildman–Crippen MR) is 109 cm³/mol. The van der Waals surface area contributed by atoms with Gasteiger partial charge in [0.15, 0.2) is 0 Å². The zero-order chi connectivity index (χ0) is 21.1. The normalized spacial score (nSPS) is 35.4. The molecule has 0 aromatic carbocycles. The largest absolute Gasteiger partial charge is 0.462 e. The van der Waals surface area contributed by atoms with Crippen LogP contribution in [0.4, 0.5) is 0 Å². The highest BCUT2D eigenvalue weighted by Gasteiger charge is 2.42. The minimum absolute atomic E-state index is 0.0429. The standard InChI is InChI=1S/C23H33NO5/c1-4-13(2)23(27)29-20-10-16(24)9-15-6-5-14(3)19(22(15)20)8-7-18-11-17(25)12-21(26)28-18/h5-6,9,13-14,17-20,22,24-25H,4,7-8,10-12H2,1-3H3/t13-,14-,17+,18+,19-,20-,22?/m0/s1. The number of hydrogen-bond acceptors (Lipinski definition) is 6. The quantitative estimate of drug-likeness (QED) is 0.661. The van der Waals surface area contributed by atoms with Gasteiger partial charge in [0.1, 0.15) is 12.2 Å². The maximum atomic E-state index is 12.5. The van der Waals surface area contributed by atoms with Crippen LogP contribution >= 0.6 is 0 Å². The molecule has 29 heavy (non-hydrogen) atoms. The number of carbonyl (C=O) groups excluding carboxylic acids is 2. The smallest absolute Gasteiger partial charge is 0.308 e. The number of fused-ring (bicyclic) bond motifs is 1. The lowest BCUT2D eigenvalue weighted by atomic mass is 9.66. The summed E-state index contributed by atoms with van der Waals surface area (Å²) < 4.78 is 11.3. The molecule has 160 valence electrons. The molecular formula is C23H33NO5. The Labute approximate surface area is 172 Å². The number of ether oxygens (including phenoxy) is 2. The molecule has 1 saturated heterocycles. The highest BCUT2D eigenvalue weighted by atomic mass is 16.5. The lowest BCUT2D eigenvalue weighted by molar-refractivity contribution is -0.162. The van der Waals surface area contributed by atoms with Gasteiger partial charge in [-0.25, -0.2) is 0 Å². The van der Waals surface area contributed by atoms with E-state index in [9.17, 15) is 14.7 Å². The second-order valence-electron chi connectivity index (χ2n) is 8.85. The van der Waals surface area contributed by atoms with E-state index in [4.69, 9.17) is 14.9 Å². The second kappa shape index (κ2) is 9.24. The molecule has 6 heteroatoms. The van der Waals surface area contributed by atoms with E-state index in [0.29, 0.717) is 30.9 Å². The van der Waals surface area contributed by atoms with Crippen molar-refractivity contribution in [1.82, 2.24) is 0 Å². The molecule has 3 rings (SSSR count). The Morgan fingerprint density at radius 2 is 2.14 bits per heavy atom. The summed E-state index contributed by atoms with van der Waals surface area (Å²) in [5.41, 5.74) is 1.53. The van der Waals surface area contributed by atoms with Gasteiger partial charge in [0, 0.05) is 24.5 Å². The van der Waals surface area contributed by atoms with Gasteiger partial charge in [0.05, 0.1) is 18.4 Å². The van der Waals surface area contributed by atoms with Crippen molar-refractivity contribution in [2.24, 2.45) is 23.7 Å². The van der Waals surface area contributed by atoms with Gasteiger partial charge < -0.3 is 20.0 Å². The average molecular weight is 404 g/mol. The SMILES string of the molecule is CC[C@H](C)C(=O)O[C@H]1CC(=N)C=C2C=C[C@H](C)[C@H](CC[C@@H]3C[C@@H](O)CC(=O)O3)C21. The Morgan fingerprint density at radius 1 is 1.38 bits per heavy atom. The van der Waals surface area contributed by atoms with Crippen LogP contribution in [0.1, 0.15) is 59.3 Å². The summed E-state index contributed by atoms with van der Waals surface area (Å²) in [4.78, 5) is 24.1. The van der Waals surface area contributed by atoms with Crippen molar-refractivity contribution in [2.75, 3.05) is 0 Å². The van der Waals surface area contributed by atoms with E-state index < -0.39 is 6.10 Å². The Kier molecular flexibility index (Phi) is 6.93. The molecule has 6 nitrogen and oxygen atoms in total. The summed E-state index contributed by atoms with van der Waals surface area (Å²) in [6, 6.07) is 0. The molecule has 7 atom stereocenters. The van der Waals surface area contributed by atoms with Gasteiger partial charge in [-0.05, 0) is 42.7 Å². The average Bonchev–Trinajstić information content (AvgIpc) is 2.65. The van der Waals surface area contributed by atoms with Crippen LogP contribution < -0.4 is 0 Å². The zero-order valence-electron chi connectivity index (χ0n) is 17.6. The fraction of sp³-hybridized carbons (Fsp3) is 0.696. The second-order valence-corrected chi connectivity index (χ2v) is 8.85. The lowest BCUT2D eigenvalue weighted by Gasteiger charge is -2.42. The van der Waals surface area contributed by atoms with Crippen LogP contribution in [0, 0.1) is 29.1 Å². The highest BCUT2D eigenvalue weighted by molar-refractivity contribution is 5.95. The van der Waals surface area contributed by atoms with Crippen LogP contribution in [0.3, 0.4) is 0 Å². The molecular weight excluding hydrogens is 370 g/mol. The molecule has 2 N–H and O–H groups in total. The first-order valence-electron chi connectivity index (χ1n) is 10.8. The predicted octanol–water partition coefficient (Wildman–Crippen LogP) is 3.58. The molecule has 1 unspecified atom stereocenters. The Balaban J connectivity index is 1.75. The summed E-state index contributed by atoms with van der Waals surface area (Å²) in [5, 5.41) is 18.0. The molecule has 0 aromatic rings. The van der Waals surface area contributed by atoms with E-state index >= 15 is 0 Å². The summed E-state index contributed by atoms with van der Waals surface area (Å²) in [7, 11) is 0. The molecule has 0 spiro atoms. The molecule has 1 fully saturated rings. The van der Waals surface area contributed by atoms with Crippen LogP contribution in [-0.2, 0) is 19.1 Å².